The molecule has 0 saturated heterocycles. The van der Waals surface area contributed by atoms with Crippen LogP contribution >= 0.6 is 0 Å². The molecule has 0 spiro atoms. The largest absolute Gasteiger partial charge is 0.508 e. The van der Waals surface area contributed by atoms with Gasteiger partial charge in [0, 0.05) is 5.56 Å². The Balaban J connectivity index is 3.15. The first-order chi connectivity index (χ1) is 7.53. The molecule has 0 aromatic heterocycles. The molecule has 0 saturated carbocycles. The summed E-state index contributed by atoms with van der Waals surface area (Å²) in [5.74, 6) is -1.13. The van der Waals surface area contributed by atoms with Crippen molar-refractivity contribution in [2.45, 2.75) is 18.4 Å². The minimum atomic E-state index is -4.84. The highest BCUT2D eigenvalue weighted by molar-refractivity contribution is 5.40. The molecule has 1 atom stereocenters. The van der Waals surface area contributed by atoms with Crippen LogP contribution in [-0.4, -0.2) is 11.3 Å². The maximum absolute atomic E-state index is 12.2. The number of aromatic hydroxyl groups is 1. The van der Waals surface area contributed by atoms with Crippen molar-refractivity contribution in [1.82, 2.24) is 0 Å². The Hall–Kier alpha value is -1.44. The minimum Gasteiger partial charge on any atom is -0.508 e. The van der Waals surface area contributed by atoms with E-state index in [2.05, 4.69) is 0 Å². The molecule has 1 aromatic carbocycles. The standard InChI is InChI=1S/C9H7F6NO/c10-8(11,12)4-1-2-5(6(17)3-4)7(16)9(13,14)15/h1-3,7,17H,16H2/t7-/m1/s1. The average molecular weight is 259 g/mol. The number of benzene rings is 1. The van der Waals surface area contributed by atoms with Crippen LogP contribution in [0.5, 0.6) is 5.75 Å². The first-order valence-corrected chi connectivity index (χ1v) is 4.26. The Morgan fingerprint density at radius 2 is 1.59 bits per heavy atom. The first kappa shape index (κ1) is 13.6. The lowest BCUT2D eigenvalue weighted by Crippen LogP contribution is -2.28. The normalized spacial score (nSPS) is 14.8. The van der Waals surface area contributed by atoms with Crippen molar-refractivity contribution < 1.29 is 31.4 Å². The van der Waals surface area contributed by atoms with Crippen molar-refractivity contribution in [3.05, 3.63) is 29.3 Å². The van der Waals surface area contributed by atoms with Gasteiger partial charge in [0.25, 0.3) is 0 Å². The van der Waals surface area contributed by atoms with E-state index in [0.29, 0.717) is 12.1 Å². The smallest absolute Gasteiger partial charge is 0.416 e. The van der Waals surface area contributed by atoms with Gasteiger partial charge < -0.3 is 10.8 Å². The fourth-order valence-corrected chi connectivity index (χ4v) is 1.16. The third-order valence-electron chi connectivity index (χ3n) is 2.05. The van der Waals surface area contributed by atoms with Crippen LogP contribution in [0, 0.1) is 0 Å². The molecule has 1 aromatic rings. The van der Waals surface area contributed by atoms with Gasteiger partial charge in [0.2, 0.25) is 0 Å². The molecule has 8 heteroatoms. The van der Waals surface area contributed by atoms with E-state index < -0.39 is 35.3 Å². The molecule has 2 nitrogen and oxygen atoms in total. The van der Waals surface area contributed by atoms with Crippen LogP contribution in [0.15, 0.2) is 18.2 Å². The summed E-state index contributed by atoms with van der Waals surface area (Å²) in [6.45, 7) is 0. The maximum atomic E-state index is 12.2. The summed E-state index contributed by atoms with van der Waals surface area (Å²) in [5.41, 5.74) is 2.72. The van der Waals surface area contributed by atoms with E-state index in [1.165, 1.54) is 0 Å². The van der Waals surface area contributed by atoms with Gasteiger partial charge in [0.1, 0.15) is 11.8 Å². The number of phenols is 1. The van der Waals surface area contributed by atoms with Crippen molar-refractivity contribution in [3.63, 3.8) is 0 Å². The molecule has 1 rings (SSSR count). The van der Waals surface area contributed by atoms with E-state index >= 15 is 0 Å². The number of halogens is 6. The fourth-order valence-electron chi connectivity index (χ4n) is 1.16. The van der Waals surface area contributed by atoms with E-state index in [0.717, 1.165) is 0 Å². The van der Waals surface area contributed by atoms with E-state index in [1.54, 1.807) is 0 Å². The summed E-state index contributed by atoms with van der Waals surface area (Å²) >= 11 is 0. The van der Waals surface area contributed by atoms with Gasteiger partial charge in [0.15, 0.2) is 0 Å². The number of alkyl halides is 6. The summed E-state index contributed by atoms with van der Waals surface area (Å²) in [6.07, 6.45) is -9.57. The first-order valence-electron chi connectivity index (χ1n) is 4.26. The quantitative estimate of drug-likeness (QED) is 0.761. The number of hydrogen-bond donors (Lipinski definition) is 2. The van der Waals surface area contributed by atoms with Crippen LogP contribution in [0.3, 0.4) is 0 Å². The minimum absolute atomic E-state index is 0.209. The molecule has 0 fully saturated rings. The molecule has 0 bridgehead atoms. The van der Waals surface area contributed by atoms with Crippen molar-refractivity contribution in [1.29, 1.82) is 0 Å². The molecule has 3 N–H and O–H groups in total. The second kappa shape index (κ2) is 4.10. The van der Waals surface area contributed by atoms with E-state index in [1.807, 2.05) is 0 Å². The molecule has 0 aliphatic carbocycles. The third kappa shape index (κ3) is 3.02. The zero-order valence-corrected chi connectivity index (χ0v) is 8.10. The monoisotopic (exact) mass is 259 g/mol. The lowest BCUT2D eigenvalue weighted by molar-refractivity contribution is -0.149. The Kier molecular flexibility index (Phi) is 3.28. The Morgan fingerprint density at radius 1 is 1.06 bits per heavy atom. The molecule has 0 heterocycles. The Bertz CT molecular complexity index is 411. The number of nitrogens with two attached hydrogens (primary N) is 1. The SMILES string of the molecule is N[C@H](c1ccc(C(F)(F)F)cc1O)C(F)(F)F. The second-order valence-corrected chi connectivity index (χ2v) is 3.29. The molecular formula is C9H7F6NO. The highest BCUT2D eigenvalue weighted by atomic mass is 19.4. The van der Waals surface area contributed by atoms with E-state index in [9.17, 15) is 26.3 Å². The summed E-state index contributed by atoms with van der Waals surface area (Å²) in [7, 11) is 0. The molecule has 0 aliphatic heterocycles. The summed E-state index contributed by atoms with van der Waals surface area (Å²) < 4.78 is 73.1. The molecule has 0 amide bonds. The van der Waals surface area contributed by atoms with Crippen molar-refractivity contribution in [2.75, 3.05) is 0 Å². The van der Waals surface area contributed by atoms with E-state index in [4.69, 9.17) is 10.8 Å². The van der Waals surface area contributed by atoms with E-state index in [-0.39, 0.29) is 6.07 Å². The van der Waals surface area contributed by atoms with Crippen LogP contribution in [0.1, 0.15) is 17.2 Å². The number of phenolic OH excluding ortho intramolecular Hbond substituents is 1. The topological polar surface area (TPSA) is 46.2 Å². The Morgan fingerprint density at radius 3 is 1.94 bits per heavy atom. The fraction of sp³-hybridized carbons (Fsp3) is 0.333. The zero-order valence-electron chi connectivity index (χ0n) is 8.10. The van der Waals surface area contributed by atoms with Gasteiger partial charge >= 0.3 is 12.4 Å². The van der Waals surface area contributed by atoms with Crippen molar-refractivity contribution >= 4 is 0 Å². The lowest BCUT2D eigenvalue weighted by atomic mass is 10.0. The second-order valence-electron chi connectivity index (χ2n) is 3.29. The highest BCUT2D eigenvalue weighted by Gasteiger charge is 2.40. The molecule has 0 aliphatic rings. The van der Waals surface area contributed by atoms with Gasteiger partial charge in [-0.25, -0.2) is 0 Å². The van der Waals surface area contributed by atoms with Crippen LogP contribution in [0.4, 0.5) is 26.3 Å². The van der Waals surface area contributed by atoms with Crippen molar-refractivity contribution in [3.8, 4) is 5.75 Å². The summed E-state index contributed by atoms with van der Waals surface area (Å²) in [4.78, 5) is 0. The third-order valence-corrected chi connectivity index (χ3v) is 2.05. The summed E-state index contributed by atoms with van der Waals surface area (Å²) in [5, 5.41) is 9.11. The molecular weight excluding hydrogens is 252 g/mol. The zero-order chi connectivity index (χ0) is 13.4. The van der Waals surface area contributed by atoms with Crippen LogP contribution in [0.2, 0.25) is 0 Å². The molecule has 0 unspecified atom stereocenters. The van der Waals surface area contributed by atoms with Gasteiger partial charge in [-0.1, -0.05) is 6.07 Å². The lowest BCUT2D eigenvalue weighted by Gasteiger charge is -2.18. The molecule has 17 heavy (non-hydrogen) atoms. The van der Waals surface area contributed by atoms with Gasteiger partial charge in [0.05, 0.1) is 5.56 Å². The van der Waals surface area contributed by atoms with Crippen LogP contribution < -0.4 is 5.73 Å². The van der Waals surface area contributed by atoms with Gasteiger partial charge in [-0.3, -0.25) is 0 Å². The molecule has 96 valence electrons. The van der Waals surface area contributed by atoms with Gasteiger partial charge in [-0.2, -0.15) is 26.3 Å². The predicted octanol–water partition coefficient (Wildman–Crippen LogP) is 2.97. The van der Waals surface area contributed by atoms with Crippen LogP contribution in [0.25, 0.3) is 0 Å². The maximum Gasteiger partial charge on any atom is 0.416 e. The van der Waals surface area contributed by atoms with Crippen LogP contribution in [-0.2, 0) is 6.18 Å². The number of rotatable bonds is 1. The predicted molar refractivity (Wildman–Crippen MR) is 46.1 cm³/mol. The summed E-state index contributed by atoms with van der Waals surface area (Å²) in [6, 6.07) is -1.37. The Labute approximate surface area is 91.7 Å². The number of hydrogen-bond acceptors (Lipinski definition) is 2. The highest BCUT2D eigenvalue weighted by Crippen LogP contribution is 2.38. The van der Waals surface area contributed by atoms with Gasteiger partial charge in [-0.15, -0.1) is 0 Å². The molecule has 0 radical (unpaired) electrons. The van der Waals surface area contributed by atoms with Gasteiger partial charge in [-0.05, 0) is 12.1 Å². The average Bonchev–Trinajstić information content (AvgIpc) is 2.13. The van der Waals surface area contributed by atoms with Crippen molar-refractivity contribution in [2.24, 2.45) is 5.73 Å².